The summed E-state index contributed by atoms with van der Waals surface area (Å²) in [6.07, 6.45) is 9.28. The lowest BCUT2D eigenvalue weighted by molar-refractivity contribution is 0.308. The van der Waals surface area contributed by atoms with Gasteiger partial charge in [-0.25, -0.2) is 0 Å². The van der Waals surface area contributed by atoms with Gasteiger partial charge in [-0.2, -0.15) is 0 Å². The van der Waals surface area contributed by atoms with E-state index < -0.39 is 0 Å². The largest absolute Gasteiger partial charge is 0.147 e. The van der Waals surface area contributed by atoms with Crippen LogP contribution in [-0.2, 0) is 6.42 Å². The molecule has 2 aromatic rings. The first kappa shape index (κ1) is 15.7. The Labute approximate surface area is 138 Å². The lowest BCUT2D eigenvalue weighted by atomic mass is 9.77. The predicted molar refractivity (Wildman–Crippen MR) is 94.3 cm³/mol. The van der Waals surface area contributed by atoms with Crippen molar-refractivity contribution in [2.24, 2.45) is 5.92 Å². The lowest BCUT2D eigenvalue weighted by Crippen LogP contribution is -2.13. The summed E-state index contributed by atoms with van der Waals surface area (Å²) in [4.78, 5) is 0. The van der Waals surface area contributed by atoms with Gasteiger partial charge in [0, 0.05) is 5.56 Å². The van der Waals surface area contributed by atoms with Crippen molar-refractivity contribution < 1.29 is 0 Å². The number of aromatic nitrogens is 2. The van der Waals surface area contributed by atoms with Gasteiger partial charge in [-0.05, 0) is 49.5 Å². The SMILES string of the molecule is CCC[C@H]1CC[C@H](c2ccc(-c3nnc(CC)s3)cc2)CC1. The molecule has 118 valence electrons. The number of hydrogen-bond acceptors (Lipinski definition) is 3. The quantitative estimate of drug-likeness (QED) is 0.692. The number of aryl methyl sites for hydroxylation is 1. The second-order valence-corrected chi connectivity index (χ2v) is 7.54. The summed E-state index contributed by atoms with van der Waals surface area (Å²) in [6, 6.07) is 9.08. The molecule has 0 radical (unpaired) electrons. The van der Waals surface area contributed by atoms with Crippen LogP contribution >= 0.6 is 11.3 Å². The summed E-state index contributed by atoms with van der Waals surface area (Å²) in [5, 5.41) is 10.7. The molecule has 0 unspecified atom stereocenters. The second-order valence-electron chi connectivity index (χ2n) is 6.48. The molecule has 1 aromatic carbocycles. The fourth-order valence-electron chi connectivity index (χ4n) is 3.60. The zero-order valence-electron chi connectivity index (χ0n) is 13.7. The van der Waals surface area contributed by atoms with E-state index in [4.69, 9.17) is 0 Å². The average molecular weight is 314 g/mol. The van der Waals surface area contributed by atoms with E-state index in [-0.39, 0.29) is 0 Å². The van der Waals surface area contributed by atoms with E-state index in [1.165, 1.54) is 49.7 Å². The molecule has 1 saturated carbocycles. The van der Waals surface area contributed by atoms with Crippen LogP contribution in [0.25, 0.3) is 10.6 Å². The predicted octanol–water partition coefficient (Wildman–Crippen LogP) is 5.84. The highest BCUT2D eigenvalue weighted by atomic mass is 32.1. The van der Waals surface area contributed by atoms with Gasteiger partial charge in [0.1, 0.15) is 10.0 Å². The fraction of sp³-hybridized carbons (Fsp3) is 0.579. The molecular weight excluding hydrogens is 288 g/mol. The van der Waals surface area contributed by atoms with Crippen LogP contribution in [0.1, 0.15) is 68.9 Å². The van der Waals surface area contributed by atoms with E-state index in [9.17, 15) is 0 Å². The van der Waals surface area contributed by atoms with Crippen LogP contribution in [0.5, 0.6) is 0 Å². The first-order chi connectivity index (χ1) is 10.8. The monoisotopic (exact) mass is 314 g/mol. The summed E-state index contributed by atoms with van der Waals surface area (Å²) in [5.41, 5.74) is 2.72. The van der Waals surface area contributed by atoms with Gasteiger partial charge in [-0.15, -0.1) is 10.2 Å². The van der Waals surface area contributed by atoms with Gasteiger partial charge in [0.05, 0.1) is 0 Å². The highest BCUT2D eigenvalue weighted by molar-refractivity contribution is 7.14. The third kappa shape index (κ3) is 3.57. The number of nitrogens with zero attached hydrogens (tertiary/aromatic N) is 2. The first-order valence-electron chi connectivity index (χ1n) is 8.72. The molecule has 0 spiro atoms. The van der Waals surface area contributed by atoms with Crippen LogP contribution in [0.15, 0.2) is 24.3 Å². The first-order valence-corrected chi connectivity index (χ1v) is 9.54. The van der Waals surface area contributed by atoms with Crippen molar-refractivity contribution in [2.45, 2.75) is 64.7 Å². The van der Waals surface area contributed by atoms with E-state index in [2.05, 4.69) is 48.3 Å². The third-order valence-corrected chi connectivity index (χ3v) is 6.06. The standard InChI is InChI=1S/C19H26N2S/c1-3-5-14-6-8-15(9-7-14)16-10-12-17(13-11-16)19-21-20-18(4-2)22-19/h10-15H,3-9H2,1-2H3/t14-,15-. The van der Waals surface area contributed by atoms with Crippen LogP contribution in [-0.4, -0.2) is 10.2 Å². The highest BCUT2D eigenvalue weighted by Crippen LogP contribution is 2.38. The molecule has 3 heteroatoms. The fourth-order valence-corrected chi connectivity index (χ4v) is 4.39. The van der Waals surface area contributed by atoms with E-state index >= 15 is 0 Å². The molecule has 0 amide bonds. The summed E-state index contributed by atoms with van der Waals surface area (Å²) in [6.45, 7) is 4.44. The Morgan fingerprint density at radius 2 is 1.73 bits per heavy atom. The van der Waals surface area contributed by atoms with Gasteiger partial charge in [-0.1, -0.05) is 62.3 Å². The third-order valence-electron chi connectivity index (χ3n) is 4.94. The Kier molecular flexibility index (Phi) is 5.24. The van der Waals surface area contributed by atoms with Crippen molar-refractivity contribution >= 4 is 11.3 Å². The Morgan fingerprint density at radius 1 is 1.00 bits per heavy atom. The summed E-state index contributed by atoms with van der Waals surface area (Å²) in [7, 11) is 0. The van der Waals surface area contributed by atoms with Crippen LogP contribution in [0.3, 0.4) is 0 Å². The molecule has 0 aliphatic heterocycles. The maximum atomic E-state index is 4.30. The Morgan fingerprint density at radius 3 is 2.32 bits per heavy atom. The number of benzene rings is 1. The molecule has 1 aromatic heterocycles. The molecule has 1 fully saturated rings. The highest BCUT2D eigenvalue weighted by Gasteiger charge is 2.21. The van der Waals surface area contributed by atoms with E-state index in [0.717, 1.165) is 28.3 Å². The molecule has 3 rings (SSSR count). The molecule has 0 N–H and O–H groups in total. The lowest BCUT2D eigenvalue weighted by Gasteiger charge is -2.28. The summed E-state index contributed by atoms with van der Waals surface area (Å²) >= 11 is 1.71. The molecule has 1 aliphatic rings. The topological polar surface area (TPSA) is 25.8 Å². The maximum absolute atomic E-state index is 4.30. The van der Waals surface area contributed by atoms with Gasteiger partial charge in [0.2, 0.25) is 0 Å². The number of hydrogen-bond donors (Lipinski definition) is 0. The van der Waals surface area contributed by atoms with Gasteiger partial charge < -0.3 is 0 Å². The normalized spacial score (nSPS) is 21.9. The number of rotatable bonds is 5. The Balaban J connectivity index is 1.64. The van der Waals surface area contributed by atoms with E-state index in [1.54, 1.807) is 11.3 Å². The summed E-state index contributed by atoms with van der Waals surface area (Å²) in [5.74, 6) is 1.75. The van der Waals surface area contributed by atoms with Crippen molar-refractivity contribution in [2.75, 3.05) is 0 Å². The van der Waals surface area contributed by atoms with Crippen molar-refractivity contribution in [3.05, 3.63) is 34.8 Å². The molecule has 22 heavy (non-hydrogen) atoms. The van der Waals surface area contributed by atoms with Crippen molar-refractivity contribution in [3.63, 3.8) is 0 Å². The molecular formula is C19H26N2S. The van der Waals surface area contributed by atoms with Gasteiger partial charge in [0.15, 0.2) is 0 Å². The van der Waals surface area contributed by atoms with Crippen LogP contribution < -0.4 is 0 Å². The van der Waals surface area contributed by atoms with E-state index in [1.807, 2.05) is 0 Å². The zero-order chi connectivity index (χ0) is 15.4. The molecule has 0 atom stereocenters. The van der Waals surface area contributed by atoms with Crippen LogP contribution in [0.2, 0.25) is 0 Å². The molecule has 1 aliphatic carbocycles. The molecule has 1 heterocycles. The van der Waals surface area contributed by atoms with Crippen molar-refractivity contribution in [1.29, 1.82) is 0 Å². The minimum Gasteiger partial charge on any atom is -0.143 e. The average Bonchev–Trinajstić information content (AvgIpc) is 3.05. The van der Waals surface area contributed by atoms with Gasteiger partial charge >= 0.3 is 0 Å². The van der Waals surface area contributed by atoms with Crippen molar-refractivity contribution in [1.82, 2.24) is 10.2 Å². The Bertz CT molecular complexity index is 580. The molecule has 0 saturated heterocycles. The van der Waals surface area contributed by atoms with Gasteiger partial charge in [0.25, 0.3) is 0 Å². The smallest absolute Gasteiger partial charge is 0.143 e. The maximum Gasteiger partial charge on any atom is 0.147 e. The van der Waals surface area contributed by atoms with Gasteiger partial charge in [-0.3, -0.25) is 0 Å². The summed E-state index contributed by atoms with van der Waals surface area (Å²) < 4.78 is 0. The second kappa shape index (κ2) is 7.36. The Hall–Kier alpha value is -1.22. The zero-order valence-corrected chi connectivity index (χ0v) is 14.5. The van der Waals surface area contributed by atoms with E-state index in [0.29, 0.717) is 0 Å². The van der Waals surface area contributed by atoms with Crippen LogP contribution in [0.4, 0.5) is 0 Å². The minimum absolute atomic E-state index is 0.766. The minimum atomic E-state index is 0.766. The molecule has 0 bridgehead atoms. The van der Waals surface area contributed by atoms with Crippen molar-refractivity contribution in [3.8, 4) is 10.6 Å². The molecule has 2 nitrogen and oxygen atoms in total. The van der Waals surface area contributed by atoms with Crippen LogP contribution in [0, 0.1) is 5.92 Å².